The highest BCUT2D eigenvalue weighted by Gasteiger charge is 2.27. The first kappa shape index (κ1) is 12.7. The summed E-state index contributed by atoms with van der Waals surface area (Å²) in [6.45, 7) is 0.872. The summed E-state index contributed by atoms with van der Waals surface area (Å²) in [6, 6.07) is 0. The molecule has 3 heterocycles. The zero-order chi connectivity index (χ0) is 13.6. The number of fused-ring (bicyclic) bond motifs is 1. The van der Waals surface area contributed by atoms with Gasteiger partial charge in [0.05, 0.1) is 12.7 Å². The number of epoxide rings is 1. The first-order valence-corrected chi connectivity index (χ1v) is 6.93. The molecular weight excluding hydrogens is 262 g/mol. The van der Waals surface area contributed by atoms with Crippen molar-refractivity contribution in [1.29, 1.82) is 0 Å². The number of ether oxygens (including phenoxy) is 1. The van der Waals surface area contributed by atoms with Crippen LogP contribution in [0.5, 0.6) is 0 Å². The van der Waals surface area contributed by atoms with Crippen LogP contribution >= 0.6 is 12.2 Å². The van der Waals surface area contributed by atoms with E-state index in [2.05, 4.69) is 4.99 Å². The summed E-state index contributed by atoms with van der Waals surface area (Å²) < 4.78 is 8.99. The van der Waals surface area contributed by atoms with Crippen molar-refractivity contribution in [1.82, 2.24) is 9.13 Å². The minimum absolute atomic E-state index is 0.120. The molecule has 0 saturated carbocycles. The standard InChI is InChI=1S/C13H17N3O2S/c1-15-11-10(12(19)16(2)13(15)17)4-3-8(6-14-11)5-9-7-18-9/h6,8-9H,3-5,7H2,1-2H3. The average molecular weight is 279 g/mol. The minimum atomic E-state index is -0.120. The number of aliphatic imine (C=N–C) groups is 1. The third-order valence-electron chi connectivity index (χ3n) is 3.87. The summed E-state index contributed by atoms with van der Waals surface area (Å²) in [6.07, 6.45) is 5.26. The van der Waals surface area contributed by atoms with E-state index in [9.17, 15) is 4.79 Å². The molecule has 6 heteroatoms. The number of nitrogens with zero attached hydrogens (tertiary/aromatic N) is 3. The van der Waals surface area contributed by atoms with Gasteiger partial charge in [0.15, 0.2) is 0 Å². The van der Waals surface area contributed by atoms with Crippen LogP contribution in [-0.2, 0) is 25.3 Å². The molecule has 3 rings (SSSR count). The van der Waals surface area contributed by atoms with E-state index in [0.717, 1.165) is 31.4 Å². The molecule has 0 N–H and O–H groups in total. The Morgan fingerprint density at radius 1 is 1.47 bits per heavy atom. The molecule has 19 heavy (non-hydrogen) atoms. The smallest absolute Gasteiger partial charge is 0.330 e. The summed E-state index contributed by atoms with van der Waals surface area (Å²) in [7, 11) is 3.46. The largest absolute Gasteiger partial charge is 0.373 e. The predicted octanol–water partition coefficient (Wildman–Crippen LogP) is 1.51. The fourth-order valence-corrected chi connectivity index (χ4v) is 2.86. The van der Waals surface area contributed by atoms with Crippen LogP contribution in [0.25, 0.3) is 0 Å². The highest BCUT2D eigenvalue weighted by atomic mass is 32.1. The molecule has 0 amide bonds. The van der Waals surface area contributed by atoms with E-state index < -0.39 is 0 Å². The van der Waals surface area contributed by atoms with Gasteiger partial charge < -0.3 is 4.74 Å². The van der Waals surface area contributed by atoms with E-state index in [1.807, 2.05) is 6.21 Å². The van der Waals surface area contributed by atoms with Crippen LogP contribution < -0.4 is 5.69 Å². The second kappa shape index (κ2) is 4.68. The molecule has 0 radical (unpaired) electrons. The van der Waals surface area contributed by atoms with Gasteiger partial charge in [-0.1, -0.05) is 12.2 Å². The fraction of sp³-hybridized carbons (Fsp3) is 0.615. The predicted molar refractivity (Wildman–Crippen MR) is 75.8 cm³/mol. The van der Waals surface area contributed by atoms with Gasteiger partial charge in [0.1, 0.15) is 10.5 Å². The van der Waals surface area contributed by atoms with Crippen molar-refractivity contribution in [2.45, 2.75) is 25.4 Å². The summed E-state index contributed by atoms with van der Waals surface area (Å²) in [5.74, 6) is 1.13. The lowest BCUT2D eigenvalue weighted by molar-refractivity contribution is 0.375. The molecule has 5 nitrogen and oxygen atoms in total. The first-order chi connectivity index (χ1) is 9.08. The Balaban J connectivity index is 2.01. The highest BCUT2D eigenvalue weighted by Crippen LogP contribution is 2.28. The Hall–Kier alpha value is -1.27. The van der Waals surface area contributed by atoms with Crippen molar-refractivity contribution in [3.63, 3.8) is 0 Å². The number of aromatic nitrogens is 2. The topological polar surface area (TPSA) is 51.8 Å². The maximum absolute atomic E-state index is 12.0. The zero-order valence-electron chi connectivity index (χ0n) is 11.1. The SMILES string of the molecule is Cn1c2c(c(=S)n(C)c1=O)CCC(CC1CO1)C=N2. The molecule has 2 aliphatic heterocycles. The molecular formula is C13H17N3O2S. The van der Waals surface area contributed by atoms with Gasteiger partial charge in [0, 0.05) is 25.9 Å². The summed E-state index contributed by atoms with van der Waals surface area (Å²) in [5, 5.41) is 0. The van der Waals surface area contributed by atoms with Gasteiger partial charge >= 0.3 is 5.69 Å². The van der Waals surface area contributed by atoms with Crippen molar-refractivity contribution in [2.75, 3.05) is 6.61 Å². The summed E-state index contributed by atoms with van der Waals surface area (Å²) in [4.78, 5) is 16.5. The minimum Gasteiger partial charge on any atom is -0.373 e. The molecule has 0 bridgehead atoms. The first-order valence-electron chi connectivity index (χ1n) is 6.52. The molecule has 2 unspecified atom stereocenters. The third kappa shape index (κ3) is 2.30. The molecule has 2 aliphatic rings. The van der Waals surface area contributed by atoms with Crippen molar-refractivity contribution in [3.05, 3.63) is 20.7 Å². The van der Waals surface area contributed by atoms with Crippen molar-refractivity contribution < 1.29 is 4.74 Å². The highest BCUT2D eigenvalue weighted by molar-refractivity contribution is 7.71. The van der Waals surface area contributed by atoms with Gasteiger partial charge in [-0.2, -0.15) is 0 Å². The fourth-order valence-electron chi connectivity index (χ4n) is 2.59. The van der Waals surface area contributed by atoms with E-state index >= 15 is 0 Å². The Kier molecular flexibility index (Phi) is 3.14. The van der Waals surface area contributed by atoms with Crippen molar-refractivity contribution in [2.24, 2.45) is 25.0 Å². The lowest BCUT2D eigenvalue weighted by atomic mass is 9.98. The van der Waals surface area contributed by atoms with Crippen LogP contribution in [0.3, 0.4) is 0 Å². The van der Waals surface area contributed by atoms with E-state index in [0.29, 0.717) is 22.5 Å². The van der Waals surface area contributed by atoms with Crippen LogP contribution in [0.15, 0.2) is 9.79 Å². The number of hydrogen-bond donors (Lipinski definition) is 0. The monoisotopic (exact) mass is 279 g/mol. The van der Waals surface area contributed by atoms with Gasteiger partial charge in [-0.15, -0.1) is 0 Å². The van der Waals surface area contributed by atoms with E-state index in [4.69, 9.17) is 17.0 Å². The summed E-state index contributed by atoms with van der Waals surface area (Å²) >= 11 is 5.38. The van der Waals surface area contributed by atoms with Crippen LogP contribution in [-0.4, -0.2) is 28.1 Å². The van der Waals surface area contributed by atoms with Crippen LogP contribution in [0.4, 0.5) is 5.82 Å². The maximum atomic E-state index is 12.0. The normalized spacial score (nSPS) is 24.9. The van der Waals surface area contributed by atoms with E-state index in [-0.39, 0.29) is 5.69 Å². The molecule has 0 aromatic carbocycles. The van der Waals surface area contributed by atoms with Gasteiger partial charge in [-0.05, 0) is 25.2 Å². The molecule has 0 aliphatic carbocycles. The number of rotatable bonds is 2. The second-order valence-electron chi connectivity index (χ2n) is 5.28. The molecule has 0 spiro atoms. The zero-order valence-corrected chi connectivity index (χ0v) is 11.9. The Labute approximate surface area is 116 Å². The van der Waals surface area contributed by atoms with Gasteiger partial charge in [-0.3, -0.25) is 9.13 Å². The maximum Gasteiger partial charge on any atom is 0.330 e. The van der Waals surface area contributed by atoms with Gasteiger partial charge in [-0.25, -0.2) is 9.79 Å². The van der Waals surface area contributed by atoms with Gasteiger partial charge in [0.25, 0.3) is 0 Å². The second-order valence-corrected chi connectivity index (χ2v) is 5.66. The van der Waals surface area contributed by atoms with Crippen LogP contribution in [0.2, 0.25) is 0 Å². The quantitative estimate of drug-likeness (QED) is 0.609. The Bertz CT molecular complexity index is 655. The third-order valence-corrected chi connectivity index (χ3v) is 4.39. The lowest BCUT2D eigenvalue weighted by Crippen LogP contribution is -2.28. The van der Waals surface area contributed by atoms with Crippen LogP contribution in [0, 0.1) is 10.6 Å². The molecule has 1 saturated heterocycles. The van der Waals surface area contributed by atoms with E-state index in [1.54, 1.807) is 18.7 Å². The average Bonchev–Trinajstić information content (AvgIpc) is 3.21. The Morgan fingerprint density at radius 3 is 2.89 bits per heavy atom. The summed E-state index contributed by atoms with van der Waals surface area (Å²) in [5.41, 5.74) is 0.889. The number of hydrogen-bond acceptors (Lipinski definition) is 4. The van der Waals surface area contributed by atoms with Crippen molar-refractivity contribution >= 4 is 24.3 Å². The molecule has 2 atom stereocenters. The molecule has 1 aromatic heterocycles. The van der Waals surface area contributed by atoms with Crippen molar-refractivity contribution in [3.8, 4) is 0 Å². The lowest BCUT2D eigenvalue weighted by Gasteiger charge is -2.11. The van der Waals surface area contributed by atoms with E-state index in [1.165, 1.54) is 4.57 Å². The van der Waals surface area contributed by atoms with Gasteiger partial charge in [0.2, 0.25) is 0 Å². The Morgan fingerprint density at radius 2 is 2.21 bits per heavy atom. The molecule has 1 fully saturated rings. The van der Waals surface area contributed by atoms with Crippen LogP contribution in [0.1, 0.15) is 18.4 Å². The molecule has 102 valence electrons. The molecule has 1 aromatic rings.